The second kappa shape index (κ2) is 4.72. The fourth-order valence-electron chi connectivity index (χ4n) is 3.29. The number of hydrogen-bond acceptors (Lipinski definition) is 2. The van der Waals surface area contributed by atoms with E-state index in [9.17, 15) is 4.79 Å². The van der Waals surface area contributed by atoms with Gasteiger partial charge in [-0.25, -0.2) is 4.79 Å². The summed E-state index contributed by atoms with van der Waals surface area (Å²) in [5, 5.41) is 3.15. The lowest BCUT2D eigenvalue weighted by molar-refractivity contribution is 0.152. The Hall–Kier alpha value is -0.770. The molecule has 2 saturated heterocycles. The van der Waals surface area contributed by atoms with Crippen LogP contribution in [0.1, 0.15) is 39.0 Å². The lowest BCUT2D eigenvalue weighted by atomic mass is 9.87. The summed E-state index contributed by atoms with van der Waals surface area (Å²) in [6, 6.07) is 0.452. The summed E-state index contributed by atoms with van der Waals surface area (Å²) >= 11 is 0. The van der Waals surface area contributed by atoms with Crippen LogP contribution >= 0.6 is 0 Å². The van der Waals surface area contributed by atoms with Crippen molar-refractivity contribution in [2.24, 2.45) is 11.3 Å². The van der Waals surface area contributed by atoms with Crippen molar-refractivity contribution in [3.63, 3.8) is 0 Å². The number of carbonyl (C=O) groups excluding carboxylic acids is 1. The van der Waals surface area contributed by atoms with E-state index in [1.165, 1.54) is 12.8 Å². The summed E-state index contributed by atoms with van der Waals surface area (Å²) in [6.45, 7) is 5.61. The molecule has 1 saturated carbocycles. The molecule has 0 radical (unpaired) electrons. The SMILES string of the molecule is CC(CC1CC1)NC(=O)N1CCC2(CCOC2)C1. The van der Waals surface area contributed by atoms with E-state index in [1.807, 2.05) is 4.90 Å². The van der Waals surface area contributed by atoms with Gasteiger partial charge in [0.15, 0.2) is 0 Å². The highest BCUT2D eigenvalue weighted by Gasteiger charge is 2.42. The van der Waals surface area contributed by atoms with Gasteiger partial charge in [-0.1, -0.05) is 12.8 Å². The average Bonchev–Trinajstić information content (AvgIpc) is 2.90. The molecule has 2 heterocycles. The number of amides is 2. The molecule has 2 aliphatic heterocycles. The third-order valence-electron chi connectivity index (χ3n) is 4.66. The van der Waals surface area contributed by atoms with Crippen molar-refractivity contribution in [3.05, 3.63) is 0 Å². The van der Waals surface area contributed by atoms with Crippen molar-refractivity contribution in [2.75, 3.05) is 26.3 Å². The van der Waals surface area contributed by atoms with E-state index in [-0.39, 0.29) is 11.4 Å². The summed E-state index contributed by atoms with van der Waals surface area (Å²) in [5.41, 5.74) is 0.275. The van der Waals surface area contributed by atoms with Crippen molar-refractivity contribution < 1.29 is 9.53 Å². The van der Waals surface area contributed by atoms with Crippen LogP contribution in [0.15, 0.2) is 0 Å². The van der Waals surface area contributed by atoms with E-state index in [4.69, 9.17) is 4.74 Å². The Morgan fingerprint density at radius 1 is 1.50 bits per heavy atom. The highest BCUT2D eigenvalue weighted by molar-refractivity contribution is 5.74. The summed E-state index contributed by atoms with van der Waals surface area (Å²) in [5.74, 6) is 0.869. The number of urea groups is 1. The minimum absolute atomic E-state index is 0.131. The van der Waals surface area contributed by atoms with Crippen molar-refractivity contribution in [1.29, 1.82) is 0 Å². The molecular formula is C14H24N2O2. The van der Waals surface area contributed by atoms with E-state index >= 15 is 0 Å². The Morgan fingerprint density at radius 3 is 3.00 bits per heavy atom. The first-order valence-electron chi connectivity index (χ1n) is 7.30. The van der Waals surface area contributed by atoms with Gasteiger partial charge in [-0.3, -0.25) is 0 Å². The predicted molar refractivity (Wildman–Crippen MR) is 69.4 cm³/mol. The van der Waals surface area contributed by atoms with Gasteiger partial charge >= 0.3 is 6.03 Å². The normalized spacial score (nSPS) is 33.1. The molecule has 2 unspecified atom stereocenters. The summed E-state index contributed by atoms with van der Waals surface area (Å²) < 4.78 is 5.49. The molecule has 1 N–H and O–H groups in total. The van der Waals surface area contributed by atoms with Crippen LogP contribution in [0, 0.1) is 11.3 Å². The molecule has 2 amide bonds. The monoisotopic (exact) mass is 252 g/mol. The Balaban J connectivity index is 1.47. The smallest absolute Gasteiger partial charge is 0.317 e. The lowest BCUT2D eigenvalue weighted by Crippen LogP contribution is -2.43. The molecule has 1 spiro atoms. The molecule has 0 aromatic carbocycles. The Kier molecular flexibility index (Phi) is 3.22. The molecule has 0 aromatic rings. The van der Waals surface area contributed by atoms with Crippen molar-refractivity contribution in [3.8, 4) is 0 Å². The van der Waals surface area contributed by atoms with Crippen LogP contribution in [-0.4, -0.2) is 43.3 Å². The van der Waals surface area contributed by atoms with E-state index in [1.54, 1.807) is 0 Å². The van der Waals surface area contributed by atoms with Crippen LogP contribution in [0.25, 0.3) is 0 Å². The number of nitrogens with one attached hydrogen (secondary N) is 1. The minimum atomic E-state index is 0.131. The zero-order valence-electron chi connectivity index (χ0n) is 11.3. The molecule has 4 nitrogen and oxygen atoms in total. The van der Waals surface area contributed by atoms with Gasteiger partial charge in [0.05, 0.1) is 6.61 Å². The number of likely N-dealkylation sites (tertiary alicyclic amines) is 1. The number of nitrogens with zero attached hydrogens (tertiary/aromatic N) is 1. The fraction of sp³-hybridized carbons (Fsp3) is 0.929. The van der Waals surface area contributed by atoms with Gasteiger partial charge in [0.2, 0.25) is 0 Å². The Morgan fingerprint density at radius 2 is 2.33 bits per heavy atom. The highest BCUT2D eigenvalue weighted by atomic mass is 16.5. The first kappa shape index (κ1) is 12.3. The van der Waals surface area contributed by atoms with Crippen LogP contribution in [0.3, 0.4) is 0 Å². The molecule has 18 heavy (non-hydrogen) atoms. The summed E-state index contributed by atoms with van der Waals surface area (Å²) in [6.07, 6.45) is 6.08. The highest BCUT2D eigenvalue weighted by Crippen LogP contribution is 2.38. The standard InChI is InChI=1S/C14H24N2O2/c1-11(8-12-2-3-12)15-13(17)16-6-4-14(9-16)5-7-18-10-14/h11-12H,2-10H2,1H3,(H,15,17). The van der Waals surface area contributed by atoms with Crippen molar-refractivity contribution >= 4 is 6.03 Å². The summed E-state index contributed by atoms with van der Waals surface area (Å²) in [7, 11) is 0. The Bertz CT molecular complexity index is 322. The lowest BCUT2D eigenvalue weighted by Gasteiger charge is -2.24. The molecule has 0 aromatic heterocycles. The molecule has 4 heteroatoms. The van der Waals surface area contributed by atoms with Crippen molar-refractivity contribution in [1.82, 2.24) is 10.2 Å². The first-order chi connectivity index (χ1) is 8.67. The van der Waals surface area contributed by atoms with Gasteiger partial charge < -0.3 is 15.0 Å². The predicted octanol–water partition coefficient (Wildman–Crippen LogP) is 2.00. The molecule has 0 bridgehead atoms. The topological polar surface area (TPSA) is 41.6 Å². The Labute approximate surface area is 109 Å². The zero-order valence-corrected chi connectivity index (χ0v) is 11.3. The average molecular weight is 252 g/mol. The fourth-order valence-corrected chi connectivity index (χ4v) is 3.29. The molecule has 102 valence electrons. The van der Waals surface area contributed by atoms with Gasteiger partial charge in [0, 0.05) is 31.2 Å². The van der Waals surface area contributed by atoms with Crippen LogP contribution in [-0.2, 0) is 4.74 Å². The second-order valence-corrected chi connectivity index (χ2v) is 6.50. The van der Waals surface area contributed by atoms with E-state index in [2.05, 4.69) is 12.2 Å². The van der Waals surface area contributed by atoms with E-state index in [0.29, 0.717) is 6.04 Å². The van der Waals surface area contributed by atoms with Crippen LogP contribution in [0.2, 0.25) is 0 Å². The van der Waals surface area contributed by atoms with Gasteiger partial charge in [-0.15, -0.1) is 0 Å². The van der Waals surface area contributed by atoms with Crippen LogP contribution in [0.5, 0.6) is 0 Å². The minimum Gasteiger partial charge on any atom is -0.381 e. The number of carbonyl (C=O) groups is 1. The molecular weight excluding hydrogens is 228 g/mol. The molecule has 1 aliphatic carbocycles. The second-order valence-electron chi connectivity index (χ2n) is 6.50. The maximum atomic E-state index is 12.2. The van der Waals surface area contributed by atoms with Gasteiger partial charge in [0.25, 0.3) is 0 Å². The number of rotatable bonds is 3. The zero-order chi connectivity index (χ0) is 12.6. The van der Waals surface area contributed by atoms with Crippen molar-refractivity contribution in [2.45, 2.75) is 45.1 Å². The van der Waals surface area contributed by atoms with Gasteiger partial charge in [-0.05, 0) is 32.1 Å². The number of ether oxygens (including phenoxy) is 1. The van der Waals surface area contributed by atoms with Crippen LogP contribution < -0.4 is 5.32 Å². The van der Waals surface area contributed by atoms with Crippen LogP contribution in [0.4, 0.5) is 4.79 Å². The summed E-state index contributed by atoms with van der Waals surface area (Å²) in [4.78, 5) is 14.2. The quantitative estimate of drug-likeness (QED) is 0.834. The molecule has 3 rings (SSSR count). The third-order valence-corrected chi connectivity index (χ3v) is 4.66. The maximum Gasteiger partial charge on any atom is 0.317 e. The van der Waals surface area contributed by atoms with Gasteiger partial charge in [0.1, 0.15) is 0 Å². The molecule has 3 fully saturated rings. The van der Waals surface area contributed by atoms with Gasteiger partial charge in [-0.2, -0.15) is 0 Å². The number of hydrogen-bond donors (Lipinski definition) is 1. The largest absolute Gasteiger partial charge is 0.381 e. The molecule has 2 atom stereocenters. The van der Waals surface area contributed by atoms with E-state index in [0.717, 1.165) is 51.5 Å². The first-order valence-corrected chi connectivity index (χ1v) is 7.30. The molecule has 3 aliphatic rings. The van der Waals surface area contributed by atoms with E-state index < -0.39 is 0 Å². The third kappa shape index (κ3) is 2.63. The maximum absolute atomic E-state index is 12.2.